The van der Waals surface area contributed by atoms with Crippen molar-refractivity contribution in [3.05, 3.63) is 35.7 Å². The van der Waals surface area contributed by atoms with Crippen molar-refractivity contribution in [1.82, 2.24) is 4.98 Å². The summed E-state index contributed by atoms with van der Waals surface area (Å²) in [7, 11) is 0. The number of hydrogen-bond acceptors (Lipinski definition) is 4. The summed E-state index contributed by atoms with van der Waals surface area (Å²) in [5, 5.41) is 19.0. The summed E-state index contributed by atoms with van der Waals surface area (Å²) in [6, 6.07) is 5.95. The van der Waals surface area contributed by atoms with Gasteiger partial charge in [0.2, 0.25) is 0 Å². The lowest BCUT2D eigenvalue weighted by Crippen LogP contribution is -2.01. The molecule has 0 saturated carbocycles. The molecule has 0 aromatic carbocycles. The van der Waals surface area contributed by atoms with Crippen LogP contribution in [0.2, 0.25) is 0 Å². The van der Waals surface area contributed by atoms with Crippen LogP contribution >= 0.6 is 0 Å². The molecule has 0 radical (unpaired) electrons. The van der Waals surface area contributed by atoms with E-state index in [1.165, 1.54) is 32.1 Å². The molecular weight excluding hydrogens is 326 g/mol. The van der Waals surface area contributed by atoms with E-state index in [-0.39, 0.29) is 18.8 Å². The third-order valence-electron chi connectivity index (χ3n) is 4.91. The zero-order valence-corrected chi connectivity index (χ0v) is 16.1. The van der Waals surface area contributed by atoms with Crippen molar-refractivity contribution in [2.24, 2.45) is 0 Å². The van der Waals surface area contributed by atoms with Crippen LogP contribution in [0.3, 0.4) is 0 Å². The summed E-state index contributed by atoms with van der Waals surface area (Å²) >= 11 is 0. The lowest BCUT2D eigenvalue weighted by molar-refractivity contribution is 0.208. The van der Waals surface area contributed by atoms with Crippen molar-refractivity contribution >= 4 is 6.08 Å². The van der Waals surface area contributed by atoms with E-state index in [1.54, 1.807) is 0 Å². The van der Waals surface area contributed by atoms with Gasteiger partial charge >= 0.3 is 0 Å². The minimum atomic E-state index is -0.393. The zero-order valence-electron chi connectivity index (χ0n) is 16.1. The second-order valence-electron chi connectivity index (χ2n) is 7.28. The molecule has 4 nitrogen and oxygen atoms in total. The maximum atomic E-state index is 10.1. The largest absolute Gasteiger partial charge is 0.396 e. The van der Waals surface area contributed by atoms with Gasteiger partial charge < -0.3 is 14.9 Å². The summed E-state index contributed by atoms with van der Waals surface area (Å²) in [5.74, 6) is 0. The smallest absolute Gasteiger partial charge is 0.126 e. The van der Waals surface area contributed by atoms with Crippen molar-refractivity contribution in [3.63, 3.8) is 0 Å². The number of unbranched alkanes of at least 4 members (excludes halogenated alkanes) is 6. The first kappa shape index (κ1) is 21.1. The van der Waals surface area contributed by atoms with Crippen LogP contribution in [0.5, 0.6) is 0 Å². The minimum Gasteiger partial charge on any atom is -0.396 e. The van der Waals surface area contributed by atoms with Gasteiger partial charge in [-0.2, -0.15) is 0 Å². The van der Waals surface area contributed by atoms with Crippen LogP contribution in [0.25, 0.3) is 6.08 Å². The van der Waals surface area contributed by atoms with Crippen molar-refractivity contribution in [2.75, 3.05) is 6.61 Å². The Labute approximate surface area is 158 Å². The van der Waals surface area contributed by atoms with E-state index in [4.69, 9.17) is 9.84 Å². The summed E-state index contributed by atoms with van der Waals surface area (Å²) in [6.07, 6.45) is 14.8. The normalized spacial score (nSPS) is 20.6. The Hall–Kier alpha value is -1.23. The monoisotopic (exact) mass is 361 g/mol. The Kier molecular flexibility index (Phi) is 9.90. The SMILES string of the molecule is CCCCCCCCC(O)C=Cc1cccc(C2OC2CCCCO)n1. The van der Waals surface area contributed by atoms with E-state index in [9.17, 15) is 5.11 Å². The molecule has 3 atom stereocenters. The van der Waals surface area contributed by atoms with Crippen LogP contribution in [-0.4, -0.2) is 34.0 Å². The fourth-order valence-corrected chi connectivity index (χ4v) is 3.24. The van der Waals surface area contributed by atoms with Gasteiger partial charge in [0.15, 0.2) is 0 Å². The second-order valence-corrected chi connectivity index (χ2v) is 7.28. The minimum absolute atomic E-state index is 0.0927. The fraction of sp³-hybridized carbons (Fsp3) is 0.682. The lowest BCUT2D eigenvalue weighted by atomic mass is 10.1. The molecule has 1 aliphatic rings. The van der Waals surface area contributed by atoms with Gasteiger partial charge in [0, 0.05) is 6.61 Å². The molecule has 1 aromatic rings. The van der Waals surface area contributed by atoms with Crippen LogP contribution in [0.4, 0.5) is 0 Å². The molecule has 0 spiro atoms. The molecule has 0 aliphatic carbocycles. The van der Waals surface area contributed by atoms with E-state index in [1.807, 2.05) is 30.4 Å². The quantitative estimate of drug-likeness (QED) is 0.369. The molecule has 0 bridgehead atoms. The van der Waals surface area contributed by atoms with Crippen LogP contribution in [0, 0.1) is 0 Å². The highest BCUT2D eigenvalue weighted by molar-refractivity contribution is 5.45. The molecular formula is C22H35NO3. The second kappa shape index (κ2) is 12.2. The van der Waals surface area contributed by atoms with Crippen molar-refractivity contribution in [1.29, 1.82) is 0 Å². The van der Waals surface area contributed by atoms with Gasteiger partial charge in [0.1, 0.15) is 6.10 Å². The third kappa shape index (κ3) is 7.98. The Bertz CT molecular complexity index is 532. The first-order valence-electron chi connectivity index (χ1n) is 10.3. The van der Waals surface area contributed by atoms with Crippen molar-refractivity contribution in [2.45, 2.75) is 89.4 Å². The molecule has 2 heterocycles. The number of nitrogens with zero attached hydrogens (tertiary/aromatic N) is 1. The average molecular weight is 362 g/mol. The van der Waals surface area contributed by atoms with Gasteiger partial charge in [0.05, 0.1) is 23.6 Å². The van der Waals surface area contributed by atoms with Gasteiger partial charge in [-0.25, -0.2) is 0 Å². The Morgan fingerprint density at radius 3 is 2.73 bits per heavy atom. The molecule has 2 N–H and O–H groups in total. The number of ether oxygens (including phenoxy) is 1. The molecule has 0 amide bonds. The van der Waals surface area contributed by atoms with Crippen molar-refractivity contribution in [3.8, 4) is 0 Å². The van der Waals surface area contributed by atoms with Crippen LogP contribution in [0.1, 0.15) is 88.6 Å². The van der Waals surface area contributed by atoms with Gasteiger partial charge in [-0.15, -0.1) is 0 Å². The van der Waals surface area contributed by atoms with E-state index < -0.39 is 6.10 Å². The molecule has 1 aliphatic heterocycles. The van der Waals surface area contributed by atoms with Gasteiger partial charge in [0.25, 0.3) is 0 Å². The number of pyridine rings is 1. The molecule has 146 valence electrons. The summed E-state index contributed by atoms with van der Waals surface area (Å²) in [5.41, 5.74) is 1.83. The molecule has 4 heteroatoms. The molecule has 2 rings (SSSR count). The molecule has 26 heavy (non-hydrogen) atoms. The van der Waals surface area contributed by atoms with E-state index in [2.05, 4.69) is 11.9 Å². The van der Waals surface area contributed by atoms with Crippen LogP contribution in [-0.2, 0) is 4.74 Å². The first-order chi connectivity index (χ1) is 12.7. The predicted octanol–water partition coefficient (Wildman–Crippen LogP) is 4.81. The maximum absolute atomic E-state index is 10.1. The maximum Gasteiger partial charge on any atom is 0.126 e. The molecule has 1 saturated heterocycles. The number of rotatable bonds is 14. The predicted molar refractivity (Wildman–Crippen MR) is 106 cm³/mol. The number of hydrogen-bond donors (Lipinski definition) is 2. The van der Waals surface area contributed by atoms with Gasteiger partial charge in [-0.05, 0) is 43.9 Å². The standard InChI is InChI=1S/C22H35NO3/c1-2-3-4-5-6-7-12-19(25)16-15-18-11-10-13-20(23-18)22-21(26-22)14-8-9-17-24/h10-11,13,15-16,19,21-22,24-25H,2-9,12,14,17H2,1H3. The Balaban J connectivity index is 1.70. The van der Waals surface area contributed by atoms with Gasteiger partial charge in [-0.3, -0.25) is 4.98 Å². The third-order valence-corrected chi connectivity index (χ3v) is 4.91. The summed E-state index contributed by atoms with van der Waals surface area (Å²) in [6.45, 7) is 2.47. The molecule has 3 unspecified atom stereocenters. The van der Waals surface area contributed by atoms with E-state index >= 15 is 0 Å². The molecule has 1 fully saturated rings. The highest BCUT2D eigenvalue weighted by atomic mass is 16.6. The number of epoxide rings is 1. The first-order valence-corrected chi connectivity index (χ1v) is 10.3. The van der Waals surface area contributed by atoms with Gasteiger partial charge in [-0.1, -0.05) is 57.6 Å². The number of aliphatic hydroxyl groups excluding tert-OH is 2. The van der Waals surface area contributed by atoms with E-state index in [0.717, 1.165) is 43.5 Å². The number of aliphatic hydroxyl groups is 2. The van der Waals surface area contributed by atoms with E-state index in [0.29, 0.717) is 0 Å². The van der Waals surface area contributed by atoms with Crippen LogP contribution < -0.4 is 0 Å². The topological polar surface area (TPSA) is 65.9 Å². The summed E-state index contributed by atoms with van der Waals surface area (Å²) in [4.78, 5) is 4.64. The summed E-state index contributed by atoms with van der Waals surface area (Å²) < 4.78 is 5.71. The van der Waals surface area contributed by atoms with Crippen molar-refractivity contribution < 1.29 is 14.9 Å². The lowest BCUT2D eigenvalue weighted by Gasteiger charge is -2.05. The zero-order chi connectivity index (χ0) is 18.6. The Morgan fingerprint density at radius 2 is 1.92 bits per heavy atom. The van der Waals surface area contributed by atoms with Crippen LogP contribution in [0.15, 0.2) is 24.3 Å². The average Bonchev–Trinajstić information content (AvgIpc) is 3.43. The Morgan fingerprint density at radius 1 is 1.12 bits per heavy atom. The molecule has 1 aromatic heterocycles. The number of aromatic nitrogens is 1. The fourth-order valence-electron chi connectivity index (χ4n) is 3.24. The highest BCUT2D eigenvalue weighted by Gasteiger charge is 2.40. The highest BCUT2D eigenvalue weighted by Crippen LogP contribution is 2.40.